The van der Waals surface area contributed by atoms with E-state index in [0.29, 0.717) is 18.6 Å². The van der Waals surface area contributed by atoms with E-state index in [1.54, 1.807) is 6.07 Å². The molecular weight excluding hydrogens is 277 g/mol. The average molecular weight is 300 g/mol. The highest BCUT2D eigenvalue weighted by Crippen LogP contribution is 2.30. The van der Waals surface area contributed by atoms with Crippen molar-refractivity contribution in [1.29, 1.82) is 0 Å². The zero-order chi connectivity index (χ0) is 15.5. The Morgan fingerprint density at radius 2 is 2.10 bits per heavy atom. The Hall–Kier alpha value is -1.07. The van der Waals surface area contributed by atoms with Gasteiger partial charge in [-0.05, 0) is 31.0 Å². The largest absolute Gasteiger partial charge is 0.416 e. The highest BCUT2D eigenvalue weighted by Gasteiger charge is 2.31. The van der Waals surface area contributed by atoms with Gasteiger partial charge in [0, 0.05) is 25.2 Å². The van der Waals surface area contributed by atoms with Gasteiger partial charge in [-0.15, -0.1) is 0 Å². The van der Waals surface area contributed by atoms with E-state index in [1.165, 1.54) is 12.1 Å². The molecule has 21 heavy (non-hydrogen) atoms. The van der Waals surface area contributed by atoms with Gasteiger partial charge in [-0.3, -0.25) is 4.90 Å². The van der Waals surface area contributed by atoms with Crippen LogP contribution in [0.5, 0.6) is 0 Å². The van der Waals surface area contributed by atoms with Crippen LogP contribution in [0, 0.1) is 0 Å². The van der Waals surface area contributed by atoms with Gasteiger partial charge in [0.2, 0.25) is 0 Å². The number of nitrogens with one attached hydrogen (secondary N) is 1. The smallest absolute Gasteiger partial charge is 0.313 e. The number of halogens is 3. The monoisotopic (exact) mass is 300 g/mol. The van der Waals surface area contributed by atoms with Crippen molar-refractivity contribution in [2.75, 3.05) is 13.1 Å². The van der Waals surface area contributed by atoms with Gasteiger partial charge >= 0.3 is 6.18 Å². The van der Waals surface area contributed by atoms with Crippen LogP contribution in [-0.2, 0) is 12.7 Å². The molecule has 1 aliphatic rings. The maximum atomic E-state index is 12.7. The van der Waals surface area contributed by atoms with E-state index in [0.717, 1.165) is 37.6 Å². The first-order valence-corrected chi connectivity index (χ1v) is 7.50. The van der Waals surface area contributed by atoms with Crippen molar-refractivity contribution < 1.29 is 13.2 Å². The lowest BCUT2D eigenvalue weighted by atomic mass is 10.1. The second kappa shape index (κ2) is 6.79. The summed E-state index contributed by atoms with van der Waals surface area (Å²) >= 11 is 0. The van der Waals surface area contributed by atoms with Crippen LogP contribution in [0.2, 0.25) is 0 Å². The quantitative estimate of drug-likeness (QED) is 0.892. The minimum atomic E-state index is -4.26. The first-order chi connectivity index (χ1) is 9.86. The van der Waals surface area contributed by atoms with E-state index in [9.17, 15) is 13.2 Å². The zero-order valence-electron chi connectivity index (χ0n) is 12.6. The molecule has 1 aromatic carbocycles. The Balaban J connectivity index is 2.00. The van der Waals surface area contributed by atoms with Crippen LogP contribution >= 0.6 is 0 Å². The predicted molar refractivity (Wildman–Crippen MR) is 78.0 cm³/mol. The molecule has 1 fully saturated rings. The summed E-state index contributed by atoms with van der Waals surface area (Å²) in [4.78, 5) is 2.28. The summed E-state index contributed by atoms with van der Waals surface area (Å²) < 4.78 is 38.2. The van der Waals surface area contributed by atoms with E-state index in [-0.39, 0.29) is 0 Å². The number of likely N-dealkylation sites (tertiary alicyclic amines) is 1. The molecular formula is C16H23F3N2. The first kappa shape index (κ1) is 16.3. The van der Waals surface area contributed by atoms with Crippen molar-refractivity contribution in [2.45, 2.75) is 51.5 Å². The molecule has 1 unspecified atom stereocenters. The molecule has 0 bridgehead atoms. The van der Waals surface area contributed by atoms with Crippen LogP contribution in [-0.4, -0.2) is 30.1 Å². The molecule has 1 N–H and O–H groups in total. The third kappa shape index (κ3) is 4.71. The molecule has 1 heterocycles. The van der Waals surface area contributed by atoms with Gasteiger partial charge in [0.15, 0.2) is 0 Å². The second-order valence-electron chi connectivity index (χ2n) is 6.03. The molecule has 2 rings (SSSR count). The summed E-state index contributed by atoms with van der Waals surface area (Å²) in [5, 5.41) is 3.42. The summed E-state index contributed by atoms with van der Waals surface area (Å²) in [5.74, 6) is 0. The summed E-state index contributed by atoms with van der Waals surface area (Å²) in [5.41, 5.74) is 0.178. The lowest BCUT2D eigenvalue weighted by Gasteiger charge is -2.26. The number of benzene rings is 1. The Kier molecular flexibility index (Phi) is 5.27. The third-order valence-corrected chi connectivity index (χ3v) is 3.90. The van der Waals surface area contributed by atoms with E-state index in [2.05, 4.69) is 24.1 Å². The molecule has 0 radical (unpaired) electrons. The molecule has 1 saturated heterocycles. The van der Waals surface area contributed by atoms with E-state index < -0.39 is 11.7 Å². The Morgan fingerprint density at radius 3 is 2.76 bits per heavy atom. The SMILES string of the molecule is CC(C)NCC1CCCN1Cc1cccc(C(F)(F)F)c1. The molecule has 0 aliphatic carbocycles. The van der Waals surface area contributed by atoms with Gasteiger partial charge < -0.3 is 5.32 Å². The highest BCUT2D eigenvalue weighted by molar-refractivity contribution is 5.25. The fourth-order valence-corrected chi connectivity index (χ4v) is 2.79. The first-order valence-electron chi connectivity index (χ1n) is 7.50. The van der Waals surface area contributed by atoms with Gasteiger partial charge in [0.25, 0.3) is 0 Å². The van der Waals surface area contributed by atoms with Crippen LogP contribution in [0.25, 0.3) is 0 Å². The Morgan fingerprint density at radius 1 is 1.33 bits per heavy atom. The van der Waals surface area contributed by atoms with Crippen molar-refractivity contribution in [3.63, 3.8) is 0 Å². The standard InChI is InChI=1S/C16H23F3N2/c1-12(2)20-10-15-7-4-8-21(15)11-13-5-3-6-14(9-13)16(17,18)19/h3,5-6,9,12,15,20H,4,7-8,10-11H2,1-2H3. The van der Waals surface area contributed by atoms with Gasteiger partial charge in [-0.2, -0.15) is 13.2 Å². The fourth-order valence-electron chi connectivity index (χ4n) is 2.79. The molecule has 0 saturated carbocycles. The van der Waals surface area contributed by atoms with Crippen LogP contribution < -0.4 is 5.32 Å². The van der Waals surface area contributed by atoms with Crippen molar-refractivity contribution in [1.82, 2.24) is 10.2 Å². The lowest BCUT2D eigenvalue weighted by molar-refractivity contribution is -0.137. The number of hydrogen-bond acceptors (Lipinski definition) is 2. The summed E-state index contributed by atoms with van der Waals surface area (Å²) in [6.07, 6.45) is -2.04. The Bertz CT molecular complexity index is 457. The molecule has 118 valence electrons. The summed E-state index contributed by atoms with van der Waals surface area (Å²) in [6, 6.07) is 6.52. The minimum Gasteiger partial charge on any atom is -0.313 e. The molecule has 1 aromatic rings. The normalized spacial score (nSPS) is 20.4. The molecule has 0 aromatic heterocycles. The number of alkyl halides is 3. The van der Waals surface area contributed by atoms with Crippen LogP contribution in [0.1, 0.15) is 37.8 Å². The van der Waals surface area contributed by atoms with E-state index in [1.807, 2.05) is 0 Å². The summed E-state index contributed by atoms with van der Waals surface area (Å²) in [7, 11) is 0. The lowest BCUT2D eigenvalue weighted by Crippen LogP contribution is -2.39. The van der Waals surface area contributed by atoms with Crippen LogP contribution in [0.3, 0.4) is 0 Å². The molecule has 1 aliphatic heterocycles. The number of rotatable bonds is 5. The Labute approximate surface area is 124 Å². The van der Waals surface area contributed by atoms with Crippen LogP contribution in [0.4, 0.5) is 13.2 Å². The van der Waals surface area contributed by atoms with Gasteiger partial charge in [0.05, 0.1) is 5.56 Å². The van der Waals surface area contributed by atoms with Gasteiger partial charge in [-0.1, -0.05) is 32.0 Å². The molecule has 2 nitrogen and oxygen atoms in total. The second-order valence-corrected chi connectivity index (χ2v) is 6.03. The van der Waals surface area contributed by atoms with E-state index in [4.69, 9.17) is 0 Å². The fraction of sp³-hybridized carbons (Fsp3) is 0.625. The molecule has 5 heteroatoms. The number of hydrogen-bond donors (Lipinski definition) is 1. The van der Waals surface area contributed by atoms with Crippen molar-refractivity contribution in [3.8, 4) is 0 Å². The zero-order valence-corrected chi connectivity index (χ0v) is 12.6. The molecule has 1 atom stereocenters. The molecule has 0 amide bonds. The highest BCUT2D eigenvalue weighted by atomic mass is 19.4. The average Bonchev–Trinajstić information content (AvgIpc) is 2.83. The van der Waals surface area contributed by atoms with Gasteiger partial charge in [0.1, 0.15) is 0 Å². The third-order valence-electron chi connectivity index (χ3n) is 3.90. The maximum Gasteiger partial charge on any atom is 0.416 e. The van der Waals surface area contributed by atoms with Crippen molar-refractivity contribution >= 4 is 0 Å². The predicted octanol–water partition coefficient (Wildman–Crippen LogP) is 3.67. The minimum absolute atomic E-state index is 0.418. The number of nitrogens with zero attached hydrogens (tertiary/aromatic N) is 1. The van der Waals surface area contributed by atoms with Crippen LogP contribution in [0.15, 0.2) is 24.3 Å². The van der Waals surface area contributed by atoms with Crippen molar-refractivity contribution in [2.24, 2.45) is 0 Å². The topological polar surface area (TPSA) is 15.3 Å². The van der Waals surface area contributed by atoms with E-state index >= 15 is 0 Å². The molecule has 0 spiro atoms. The van der Waals surface area contributed by atoms with Gasteiger partial charge in [-0.25, -0.2) is 0 Å². The summed E-state index contributed by atoms with van der Waals surface area (Å²) in [6.45, 7) is 6.66. The maximum absolute atomic E-state index is 12.7. The van der Waals surface area contributed by atoms with Crippen molar-refractivity contribution in [3.05, 3.63) is 35.4 Å².